The molecular weight excluding hydrogens is 224 g/mol. The molecule has 1 amide bonds. The van der Waals surface area contributed by atoms with E-state index in [2.05, 4.69) is 37.9 Å². The second-order valence-corrected chi connectivity index (χ2v) is 7.21. The molecule has 104 valence electrons. The molecule has 3 nitrogen and oxygen atoms in total. The molecule has 3 unspecified atom stereocenters. The van der Waals surface area contributed by atoms with Gasteiger partial charge in [0.25, 0.3) is 0 Å². The molecule has 2 rings (SSSR count). The molecule has 2 saturated heterocycles. The van der Waals surface area contributed by atoms with Gasteiger partial charge in [0, 0.05) is 25.6 Å². The first-order valence-corrected chi connectivity index (χ1v) is 7.39. The van der Waals surface area contributed by atoms with Gasteiger partial charge < -0.3 is 10.2 Å². The Morgan fingerprint density at radius 2 is 2.11 bits per heavy atom. The first-order valence-electron chi connectivity index (χ1n) is 7.39. The third-order valence-corrected chi connectivity index (χ3v) is 4.97. The molecule has 0 bridgehead atoms. The monoisotopic (exact) mass is 252 g/mol. The molecule has 2 aliphatic heterocycles. The van der Waals surface area contributed by atoms with Gasteiger partial charge in [-0.2, -0.15) is 0 Å². The number of nitrogens with one attached hydrogen (secondary N) is 1. The Hall–Kier alpha value is -0.570. The van der Waals surface area contributed by atoms with Gasteiger partial charge in [-0.1, -0.05) is 27.7 Å². The molecule has 0 radical (unpaired) electrons. The van der Waals surface area contributed by atoms with Crippen LogP contribution in [0.5, 0.6) is 0 Å². The number of amides is 1. The van der Waals surface area contributed by atoms with Crippen molar-refractivity contribution in [2.24, 2.45) is 17.3 Å². The van der Waals surface area contributed by atoms with Crippen molar-refractivity contribution in [3.8, 4) is 0 Å². The summed E-state index contributed by atoms with van der Waals surface area (Å²) >= 11 is 0. The maximum Gasteiger partial charge on any atom is 0.222 e. The highest BCUT2D eigenvalue weighted by Crippen LogP contribution is 2.30. The van der Waals surface area contributed by atoms with E-state index >= 15 is 0 Å². The van der Waals surface area contributed by atoms with Crippen molar-refractivity contribution < 1.29 is 4.79 Å². The zero-order valence-corrected chi connectivity index (χ0v) is 12.3. The van der Waals surface area contributed by atoms with Crippen LogP contribution in [0.4, 0.5) is 0 Å². The predicted octanol–water partition coefficient (Wildman–Crippen LogP) is 2.27. The second-order valence-electron chi connectivity index (χ2n) is 7.21. The molecule has 0 aromatic heterocycles. The minimum absolute atomic E-state index is 0.225. The minimum Gasteiger partial charge on any atom is -0.342 e. The summed E-state index contributed by atoms with van der Waals surface area (Å²) < 4.78 is 0. The summed E-state index contributed by atoms with van der Waals surface area (Å²) in [6.45, 7) is 11.9. The van der Waals surface area contributed by atoms with Crippen LogP contribution in [0.2, 0.25) is 0 Å². The Labute approximate surface area is 111 Å². The number of likely N-dealkylation sites (tertiary alicyclic amines) is 1. The minimum atomic E-state index is 0.225. The van der Waals surface area contributed by atoms with Crippen LogP contribution < -0.4 is 5.32 Å². The van der Waals surface area contributed by atoms with E-state index < -0.39 is 0 Å². The normalized spacial score (nSPS) is 30.1. The third-order valence-electron chi connectivity index (χ3n) is 4.97. The lowest BCUT2D eigenvalue weighted by atomic mass is 9.79. The Bertz CT molecular complexity index is 308. The van der Waals surface area contributed by atoms with Crippen molar-refractivity contribution in [2.75, 3.05) is 19.6 Å². The van der Waals surface area contributed by atoms with E-state index in [0.717, 1.165) is 26.1 Å². The van der Waals surface area contributed by atoms with Crippen LogP contribution in [0, 0.1) is 17.3 Å². The second kappa shape index (κ2) is 5.20. The highest BCUT2D eigenvalue weighted by Gasteiger charge is 2.35. The van der Waals surface area contributed by atoms with Gasteiger partial charge in [0.15, 0.2) is 0 Å². The van der Waals surface area contributed by atoms with Crippen molar-refractivity contribution in [3.63, 3.8) is 0 Å². The van der Waals surface area contributed by atoms with E-state index in [9.17, 15) is 4.79 Å². The van der Waals surface area contributed by atoms with Crippen LogP contribution in [0.3, 0.4) is 0 Å². The van der Waals surface area contributed by atoms with E-state index in [4.69, 9.17) is 0 Å². The number of hydrogen-bond donors (Lipinski definition) is 1. The summed E-state index contributed by atoms with van der Waals surface area (Å²) in [5, 5.41) is 3.55. The van der Waals surface area contributed by atoms with Gasteiger partial charge in [-0.05, 0) is 36.6 Å². The lowest BCUT2D eigenvalue weighted by Crippen LogP contribution is -2.47. The molecular formula is C15H28N2O. The summed E-state index contributed by atoms with van der Waals surface area (Å²) in [7, 11) is 0. The quantitative estimate of drug-likeness (QED) is 0.817. The summed E-state index contributed by atoms with van der Waals surface area (Å²) in [4.78, 5) is 14.5. The van der Waals surface area contributed by atoms with Crippen molar-refractivity contribution >= 4 is 5.91 Å². The number of piperidine rings is 1. The van der Waals surface area contributed by atoms with Crippen LogP contribution >= 0.6 is 0 Å². The van der Waals surface area contributed by atoms with Gasteiger partial charge in [0.2, 0.25) is 5.91 Å². The molecule has 0 saturated carbocycles. The first kappa shape index (κ1) is 13.9. The molecule has 0 aromatic rings. The summed E-state index contributed by atoms with van der Waals surface area (Å²) in [6.07, 6.45) is 3.08. The molecule has 1 N–H and O–H groups in total. The number of fused-ring (bicyclic) bond motifs is 1. The van der Waals surface area contributed by atoms with E-state index in [1.165, 1.54) is 6.42 Å². The maximum atomic E-state index is 12.3. The van der Waals surface area contributed by atoms with Crippen LogP contribution in [0.15, 0.2) is 0 Å². The fraction of sp³-hybridized carbons (Fsp3) is 0.933. The van der Waals surface area contributed by atoms with Crippen molar-refractivity contribution in [1.82, 2.24) is 10.2 Å². The zero-order valence-electron chi connectivity index (χ0n) is 12.3. The van der Waals surface area contributed by atoms with Gasteiger partial charge in [-0.15, -0.1) is 0 Å². The molecule has 3 atom stereocenters. The maximum absolute atomic E-state index is 12.3. The zero-order chi connectivity index (χ0) is 13.3. The molecule has 2 aliphatic rings. The summed E-state index contributed by atoms with van der Waals surface area (Å²) in [6, 6.07) is 0.675. The average molecular weight is 252 g/mol. The largest absolute Gasteiger partial charge is 0.342 e. The Morgan fingerprint density at radius 1 is 1.39 bits per heavy atom. The molecule has 2 fully saturated rings. The van der Waals surface area contributed by atoms with Crippen molar-refractivity contribution in [2.45, 2.75) is 53.0 Å². The third kappa shape index (κ3) is 3.05. The first-order chi connectivity index (χ1) is 8.38. The van der Waals surface area contributed by atoms with E-state index in [-0.39, 0.29) is 5.41 Å². The Kier molecular flexibility index (Phi) is 4.00. The van der Waals surface area contributed by atoms with E-state index in [1.807, 2.05) is 0 Å². The van der Waals surface area contributed by atoms with Gasteiger partial charge >= 0.3 is 0 Å². The lowest BCUT2D eigenvalue weighted by molar-refractivity contribution is -0.134. The standard InChI is InChI=1S/C15H28N2O/c1-11(15(2,3)4)9-14(18)17-8-6-13-12(10-17)5-7-16-13/h11-13,16H,5-10H2,1-4H3. The fourth-order valence-electron chi connectivity index (χ4n) is 2.97. The highest BCUT2D eigenvalue weighted by atomic mass is 16.2. The number of nitrogens with zero attached hydrogens (tertiary/aromatic N) is 1. The van der Waals surface area contributed by atoms with Gasteiger partial charge in [-0.25, -0.2) is 0 Å². The summed E-state index contributed by atoms with van der Waals surface area (Å²) in [5.41, 5.74) is 0.225. The van der Waals surface area contributed by atoms with Gasteiger partial charge in [-0.3, -0.25) is 4.79 Å². The van der Waals surface area contributed by atoms with Crippen LogP contribution in [-0.2, 0) is 4.79 Å². The number of carbonyl (C=O) groups excluding carboxylic acids is 1. The molecule has 3 heteroatoms. The topological polar surface area (TPSA) is 32.3 Å². The molecule has 18 heavy (non-hydrogen) atoms. The number of hydrogen-bond acceptors (Lipinski definition) is 2. The predicted molar refractivity (Wildman–Crippen MR) is 74.3 cm³/mol. The molecule has 0 aromatic carbocycles. The van der Waals surface area contributed by atoms with Gasteiger partial charge in [0.05, 0.1) is 0 Å². The Morgan fingerprint density at radius 3 is 2.78 bits per heavy atom. The lowest BCUT2D eigenvalue weighted by Gasteiger charge is -2.36. The average Bonchev–Trinajstić information content (AvgIpc) is 2.74. The van der Waals surface area contributed by atoms with Crippen LogP contribution in [0.1, 0.15) is 47.0 Å². The van der Waals surface area contributed by atoms with Crippen LogP contribution in [-0.4, -0.2) is 36.5 Å². The Balaban J connectivity index is 1.86. The highest BCUT2D eigenvalue weighted by molar-refractivity contribution is 5.76. The fourth-order valence-corrected chi connectivity index (χ4v) is 2.97. The van der Waals surface area contributed by atoms with Crippen LogP contribution in [0.25, 0.3) is 0 Å². The van der Waals surface area contributed by atoms with Crippen molar-refractivity contribution in [3.05, 3.63) is 0 Å². The van der Waals surface area contributed by atoms with E-state index in [1.54, 1.807) is 0 Å². The molecule has 2 heterocycles. The van der Waals surface area contributed by atoms with E-state index in [0.29, 0.717) is 30.2 Å². The van der Waals surface area contributed by atoms with Crippen molar-refractivity contribution in [1.29, 1.82) is 0 Å². The molecule has 0 aliphatic carbocycles. The smallest absolute Gasteiger partial charge is 0.222 e. The molecule has 0 spiro atoms. The summed E-state index contributed by atoms with van der Waals surface area (Å²) in [5.74, 6) is 1.51. The number of carbonyl (C=O) groups is 1. The van der Waals surface area contributed by atoms with Gasteiger partial charge in [0.1, 0.15) is 0 Å². The number of rotatable bonds is 2. The SMILES string of the molecule is CC(CC(=O)N1CCC2NCCC2C1)C(C)(C)C.